The Hall–Kier alpha value is -1.41. The summed E-state index contributed by atoms with van der Waals surface area (Å²) in [4.78, 5) is 0. The number of hydrogen-bond donors (Lipinski definition) is 1. The maximum absolute atomic E-state index is 13.8. The standard InChI is InChI=1S/C17H20FN/c1-19-17(11-8-12-6-7-12)15-9-10-16(18)14-5-3-2-4-13(14)15/h2-5,9-10,12,17,19H,6-8,11H2,1H3. The van der Waals surface area contributed by atoms with Crippen LogP contribution in [0.5, 0.6) is 0 Å². The highest BCUT2D eigenvalue weighted by atomic mass is 19.1. The lowest BCUT2D eigenvalue weighted by atomic mass is 9.95. The Morgan fingerprint density at radius 2 is 1.89 bits per heavy atom. The molecule has 0 radical (unpaired) electrons. The lowest BCUT2D eigenvalue weighted by Crippen LogP contribution is -2.17. The first-order chi connectivity index (χ1) is 9.29. The van der Waals surface area contributed by atoms with E-state index in [1.807, 2.05) is 37.4 Å². The van der Waals surface area contributed by atoms with Crippen molar-refractivity contribution in [2.75, 3.05) is 7.05 Å². The van der Waals surface area contributed by atoms with E-state index >= 15 is 0 Å². The highest BCUT2D eigenvalue weighted by Crippen LogP contribution is 2.37. The Bertz CT molecular complexity index is 574. The van der Waals surface area contributed by atoms with E-state index < -0.39 is 0 Å². The maximum Gasteiger partial charge on any atom is 0.131 e. The van der Waals surface area contributed by atoms with Gasteiger partial charge in [0.25, 0.3) is 0 Å². The molecule has 3 rings (SSSR count). The van der Waals surface area contributed by atoms with Gasteiger partial charge in [0.1, 0.15) is 5.82 Å². The molecule has 1 N–H and O–H groups in total. The van der Waals surface area contributed by atoms with Crippen LogP contribution in [0.15, 0.2) is 36.4 Å². The van der Waals surface area contributed by atoms with E-state index in [0.717, 1.165) is 23.1 Å². The van der Waals surface area contributed by atoms with Gasteiger partial charge in [-0.05, 0) is 42.8 Å². The molecule has 2 aromatic carbocycles. The minimum absolute atomic E-state index is 0.128. The van der Waals surface area contributed by atoms with Crippen LogP contribution in [-0.2, 0) is 0 Å². The molecule has 0 aliphatic heterocycles. The number of rotatable bonds is 5. The van der Waals surface area contributed by atoms with Crippen molar-refractivity contribution >= 4 is 10.8 Å². The molecule has 1 saturated carbocycles. The summed E-state index contributed by atoms with van der Waals surface area (Å²) >= 11 is 0. The predicted molar refractivity (Wildman–Crippen MR) is 77.7 cm³/mol. The zero-order valence-corrected chi connectivity index (χ0v) is 11.3. The SMILES string of the molecule is CNC(CCC1CC1)c1ccc(F)c2ccccc12. The molecule has 0 aromatic heterocycles. The number of fused-ring (bicyclic) bond motifs is 1. The smallest absolute Gasteiger partial charge is 0.131 e. The van der Waals surface area contributed by atoms with Crippen molar-refractivity contribution in [3.63, 3.8) is 0 Å². The minimum atomic E-state index is -0.128. The topological polar surface area (TPSA) is 12.0 Å². The van der Waals surface area contributed by atoms with E-state index in [1.54, 1.807) is 6.07 Å². The first kappa shape index (κ1) is 12.6. The summed E-state index contributed by atoms with van der Waals surface area (Å²) in [6.45, 7) is 0. The maximum atomic E-state index is 13.8. The molecule has 1 nitrogen and oxygen atoms in total. The number of hydrogen-bond acceptors (Lipinski definition) is 1. The van der Waals surface area contributed by atoms with Gasteiger partial charge in [-0.2, -0.15) is 0 Å². The molecule has 1 unspecified atom stereocenters. The molecule has 1 aliphatic rings. The second kappa shape index (κ2) is 5.30. The van der Waals surface area contributed by atoms with Crippen LogP contribution in [-0.4, -0.2) is 7.05 Å². The zero-order valence-electron chi connectivity index (χ0n) is 11.3. The van der Waals surface area contributed by atoms with Crippen LogP contribution in [0, 0.1) is 11.7 Å². The van der Waals surface area contributed by atoms with Crippen molar-refractivity contribution in [2.45, 2.75) is 31.7 Å². The van der Waals surface area contributed by atoms with Crippen molar-refractivity contribution in [1.29, 1.82) is 0 Å². The lowest BCUT2D eigenvalue weighted by molar-refractivity contribution is 0.508. The van der Waals surface area contributed by atoms with Crippen LogP contribution in [0.3, 0.4) is 0 Å². The Balaban J connectivity index is 1.95. The molecule has 0 spiro atoms. The molecule has 0 saturated heterocycles. The first-order valence-corrected chi connectivity index (χ1v) is 7.14. The van der Waals surface area contributed by atoms with Crippen LogP contribution in [0.2, 0.25) is 0 Å². The Morgan fingerprint density at radius 3 is 2.58 bits per heavy atom. The minimum Gasteiger partial charge on any atom is -0.313 e. The van der Waals surface area contributed by atoms with Gasteiger partial charge in [-0.3, -0.25) is 0 Å². The van der Waals surface area contributed by atoms with E-state index in [2.05, 4.69) is 5.32 Å². The van der Waals surface area contributed by atoms with Crippen LogP contribution in [0.1, 0.15) is 37.3 Å². The summed E-state index contributed by atoms with van der Waals surface area (Å²) in [5.41, 5.74) is 1.22. The molecule has 1 fully saturated rings. The van der Waals surface area contributed by atoms with E-state index in [-0.39, 0.29) is 5.82 Å². The molecule has 0 amide bonds. The molecular weight excluding hydrogens is 237 g/mol. The molecule has 2 heteroatoms. The van der Waals surface area contributed by atoms with Crippen molar-refractivity contribution in [1.82, 2.24) is 5.32 Å². The third kappa shape index (κ3) is 2.64. The second-order valence-corrected chi connectivity index (χ2v) is 5.54. The summed E-state index contributed by atoms with van der Waals surface area (Å²) in [6, 6.07) is 11.6. The van der Waals surface area contributed by atoms with E-state index in [4.69, 9.17) is 0 Å². The summed E-state index contributed by atoms with van der Waals surface area (Å²) in [5, 5.41) is 5.16. The fourth-order valence-corrected chi connectivity index (χ4v) is 2.85. The third-order valence-corrected chi connectivity index (χ3v) is 4.19. The molecule has 2 aromatic rings. The summed E-state index contributed by atoms with van der Waals surface area (Å²) in [7, 11) is 2.00. The average molecular weight is 257 g/mol. The van der Waals surface area contributed by atoms with Crippen LogP contribution < -0.4 is 5.32 Å². The van der Waals surface area contributed by atoms with Gasteiger partial charge in [-0.15, -0.1) is 0 Å². The van der Waals surface area contributed by atoms with E-state index in [0.29, 0.717) is 6.04 Å². The highest BCUT2D eigenvalue weighted by Gasteiger charge is 2.23. The highest BCUT2D eigenvalue weighted by molar-refractivity contribution is 5.86. The van der Waals surface area contributed by atoms with Gasteiger partial charge < -0.3 is 5.32 Å². The van der Waals surface area contributed by atoms with Crippen LogP contribution in [0.4, 0.5) is 4.39 Å². The van der Waals surface area contributed by atoms with Gasteiger partial charge in [-0.1, -0.05) is 43.2 Å². The third-order valence-electron chi connectivity index (χ3n) is 4.19. The molecular formula is C17H20FN. The fourth-order valence-electron chi connectivity index (χ4n) is 2.85. The van der Waals surface area contributed by atoms with Crippen molar-refractivity contribution < 1.29 is 4.39 Å². The quantitative estimate of drug-likeness (QED) is 0.835. The molecule has 0 heterocycles. The Labute approximate surface area is 113 Å². The average Bonchev–Trinajstić information content (AvgIpc) is 3.26. The molecule has 1 aliphatic carbocycles. The van der Waals surface area contributed by atoms with Crippen LogP contribution >= 0.6 is 0 Å². The normalized spacial score (nSPS) is 16.7. The predicted octanol–water partition coefficient (Wildman–Crippen LogP) is 4.43. The van der Waals surface area contributed by atoms with Crippen LogP contribution in [0.25, 0.3) is 10.8 Å². The van der Waals surface area contributed by atoms with Gasteiger partial charge in [0.15, 0.2) is 0 Å². The number of halogens is 1. The Morgan fingerprint density at radius 1 is 1.16 bits per heavy atom. The van der Waals surface area contributed by atoms with Crippen molar-refractivity contribution in [3.05, 3.63) is 47.8 Å². The van der Waals surface area contributed by atoms with Gasteiger partial charge in [0, 0.05) is 11.4 Å². The van der Waals surface area contributed by atoms with E-state index in [1.165, 1.54) is 24.8 Å². The number of benzene rings is 2. The van der Waals surface area contributed by atoms with Gasteiger partial charge in [0.2, 0.25) is 0 Å². The first-order valence-electron chi connectivity index (χ1n) is 7.14. The summed E-state index contributed by atoms with van der Waals surface area (Å²) in [5.74, 6) is 0.805. The Kier molecular flexibility index (Phi) is 3.52. The van der Waals surface area contributed by atoms with E-state index in [9.17, 15) is 4.39 Å². The lowest BCUT2D eigenvalue weighted by Gasteiger charge is -2.19. The molecule has 100 valence electrons. The monoisotopic (exact) mass is 257 g/mol. The van der Waals surface area contributed by atoms with Crippen molar-refractivity contribution in [2.24, 2.45) is 5.92 Å². The zero-order chi connectivity index (χ0) is 13.2. The second-order valence-electron chi connectivity index (χ2n) is 5.54. The number of nitrogens with one attached hydrogen (secondary N) is 1. The molecule has 0 bridgehead atoms. The summed E-state index contributed by atoms with van der Waals surface area (Å²) < 4.78 is 13.8. The van der Waals surface area contributed by atoms with Crippen molar-refractivity contribution in [3.8, 4) is 0 Å². The van der Waals surface area contributed by atoms with Gasteiger partial charge in [0.05, 0.1) is 0 Å². The summed E-state index contributed by atoms with van der Waals surface area (Å²) in [6.07, 6.45) is 5.19. The molecule has 19 heavy (non-hydrogen) atoms. The largest absolute Gasteiger partial charge is 0.313 e. The van der Waals surface area contributed by atoms with Gasteiger partial charge >= 0.3 is 0 Å². The van der Waals surface area contributed by atoms with Gasteiger partial charge in [-0.25, -0.2) is 4.39 Å². The fraction of sp³-hybridized carbons (Fsp3) is 0.412. The molecule has 1 atom stereocenters.